The molecule has 1 aliphatic carbocycles. The Labute approximate surface area is 174 Å². The summed E-state index contributed by atoms with van der Waals surface area (Å²) in [5.41, 5.74) is -0.0599. The second-order valence-electron chi connectivity index (χ2n) is 7.77. The van der Waals surface area contributed by atoms with Gasteiger partial charge in [0.15, 0.2) is 11.8 Å². The predicted molar refractivity (Wildman–Crippen MR) is 114 cm³/mol. The summed E-state index contributed by atoms with van der Waals surface area (Å²) in [6.45, 7) is 14.2. The maximum Gasteiger partial charge on any atom is 0.228 e. The molecular formula is C18H34IN5O2. The number of aromatic nitrogens is 2. The number of halogens is 1. The number of ether oxygens (including phenoxy) is 1. The highest BCUT2D eigenvalue weighted by molar-refractivity contribution is 14.0. The summed E-state index contributed by atoms with van der Waals surface area (Å²) in [5, 5.41) is 10.8. The molecule has 0 radical (unpaired) electrons. The lowest BCUT2D eigenvalue weighted by atomic mass is 9.56. The van der Waals surface area contributed by atoms with Crippen molar-refractivity contribution < 1.29 is 9.26 Å². The maximum absolute atomic E-state index is 5.69. The molecule has 1 saturated carbocycles. The third-order valence-electron chi connectivity index (χ3n) is 5.53. The molecule has 0 aromatic carbocycles. The Hall–Kier alpha value is -0.900. The van der Waals surface area contributed by atoms with Gasteiger partial charge in [-0.25, -0.2) is 0 Å². The van der Waals surface area contributed by atoms with Gasteiger partial charge in [-0.3, -0.25) is 4.99 Å². The van der Waals surface area contributed by atoms with Crippen LogP contribution in [0.5, 0.6) is 0 Å². The second-order valence-corrected chi connectivity index (χ2v) is 7.77. The third-order valence-corrected chi connectivity index (χ3v) is 5.53. The fourth-order valence-corrected chi connectivity index (χ4v) is 3.08. The molecule has 1 aliphatic rings. The Morgan fingerprint density at radius 3 is 2.58 bits per heavy atom. The average Bonchev–Trinajstić information content (AvgIpc) is 3.03. The van der Waals surface area contributed by atoms with Crippen LogP contribution in [0.15, 0.2) is 9.52 Å². The summed E-state index contributed by atoms with van der Waals surface area (Å²) in [6.07, 6.45) is 1.60. The zero-order chi connectivity index (χ0) is 18.7. The highest BCUT2D eigenvalue weighted by Gasteiger charge is 2.58. The molecule has 0 aliphatic heterocycles. The number of nitrogens with one attached hydrogen (secondary N) is 2. The highest BCUT2D eigenvalue weighted by atomic mass is 127. The van der Waals surface area contributed by atoms with Crippen molar-refractivity contribution in [3.05, 3.63) is 11.7 Å². The lowest BCUT2D eigenvalue weighted by Crippen LogP contribution is -2.69. The van der Waals surface area contributed by atoms with Crippen molar-refractivity contribution in [2.75, 3.05) is 20.2 Å². The van der Waals surface area contributed by atoms with E-state index >= 15 is 0 Å². The normalized spacial score (nSPS) is 24.8. The average molecular weight is 479 g/mol. The number of nitrogens with zero attached hydrogens (tertiary/aromatic N) is 3. The van der Waals surface area contributed by atoms with Crippen LogP contribution in [0.4, 0.5) is 0 Å². The van der Waals surface area contributed by atoms with Gasteiger partial charge in [0.25, 0.3) is 0 Å². The molecule has 0 saturated heterocycles. The zero-order valence-electron chi connectivity index (χ0n) is 17.0. The van der Waals surface area contributed by atoms with Crippen molar-refractivity contribution in [3.63, 3.8) is 0 Å². The van der Waals surface area contributed by atoms with E-state index in [1.54, 1.807) is 7.11 Å². The molecule has 1 aromatic rings. The van der Waals surface area contributed by atoms with E-state index in [1.165, 1.54) is 0 Å². The van der Waals surface area contributed by atoms with Crippen LogP contribution in [0.2, 0.25) is 0 Å². The van der Waals surface area contributed by atoms with Gasteiger partial charge in [-0.05, 0) is 20.3 Å². The maximum atomic E-state index is 5.69. The fraction of sp³-hybridized carbons (Fsp3) is 0.833. The number of guanidine groups is 1. The number of rotatable bonds is 7. The third kappa shape index (κ3) is 4.88. The minimum atomic E-state index is -0.0982. The predicted octanol–water partition coefficient (Wildman–Crippen LogP) is 3.11. The topological polar surface area (TPSA) is 84.6 Å². The van der Waals surface area contributed by atoms with E-state index in [0.29, 0.717) is 24.9 Å². The van der Waals surface area contributed by atoms with Gasteiger partial charge in [-0.15, -0.1) is 24.0 Å². The van der Waals surface area contributed by atoms with Crippen molar-refractivity contribution in [1.29, 1.82) is 0 Å². The van der Waals surface area contributed by atoms with Gasteiger partial charge in [-0.1, -0.05) is 32.9 Å². The van der Waals surface area contributed by atoms with E-state index in [0.717, 1.165) is 24.7 Å². The first-order chi connectivity index (χ1) is 11.7. The summed E-state index contributed by atoms with van der Waals surface area (Å²) >= 11 is 0. The molecule has 2 atom stereocenters. The van der Waals surface area contributed by atoms with Gasteiger partial charge >= 0.3 is 0 Å². The van der Waals surface area contributed by atoms with E-state index in [9.17, 15) is 0 Å². The van der Waals surface area contributed by atoms with E-state index < -0.39 is 0 Å². The van der Waals surface area contributed by atoms with E-state index in [-0.39, 0.29) is 40.9 Å². The summed E-state index contributed by atoms with van der Waals surface area (Å²) < 4.78 is 11.0. The minimum Gasteiger partial charge on any atom is -0.378 e. The molecule has 1 heterocycles. The molecule has 2 unspecified atom stereocenters. The van der Waals surface area contributed by atoms with E-state index in [1.807, 2.05) is 13.8 Å². The summed E-state index contributed by atoms with van der Waals surface area (Å²) in [4.78, 5) is 9.04. The molecule has 0 spiro atoms. The van der Waals surface area contributed by atoms with Gasteiger partial charge in [0.1, 0.15) is 0 Å². The van der Waals surface area contributed by atoms with Crippen molar-refractivity contribution in [1.82, 2.24) is 20.8 Å². The Morgan fingerprint density at radius 1 is 1.38 bits per heavy atom. The quantitative estimate of drug-likeness (QED) is 0.355. The van der Waals surface area contributed by atoms with Crippen LogP contribution in [0, 0.1) is 5.41 Å². The zero-order valence-corrected chi connectivity index (χ0v) is 19.4. The van der Waals surface area contributed by atoms with Crippen LogP contribution in [-0.4, -0.2) is 47.9 Å². The van der Waals surface area contributed by atoms with Gasteiger partial charge in [0.05, 0.1) is 12.1 Å². The molecule has 8 heteroatoms. The van der Waals surface area contributed by atoms with Gasteiger partial charge in [0, 0.05) is 37.5 Å². The Morgan fingerprint density at radius 2 is 2.08 bits per heavy atom. The molecule has 0 amide bonds. The van der Waals surface area contributed by atoms with Crippen LogP contribution >= 0.6 is 24.0 Å². The molecule has 2 N–H and O–H groups in total. The molecule has 7 nitrogen and oxygen atoms in total. The molecule has 26 heavy (non-hydrogen) atoms. The standard InChI is InChI=1S/C18H33N5O2.HI/c1-8-19-16(21-13-11-18(6,24-7)17(13,4)5)20-10-9-14-22-15(12(2)3)23-25-14;/h12-13H,8-11H2,1-7H3,(H2,19,20,21);1H. The molecule has 1 aromatic heterocycles. The van der Waals surface area contributed by atoms with Crippen molar-refractivity contribution in [3.8, 4) is 0 Å². The number of methoxy groups -OCH3 is 1. The SMILES string of the molecule is CCNC(=NCCc1nc(C(C)C)no1)NC1CC(C)(OC)C1(C)C.I. The van der Waals surface area contributed by atoms with Gasteiger partial charge in [-0.2, -0.15) is 4.98 Å². The lowest BCUT2D eigenvalue weighted by molar-refractivity contribution is -0.176. The smallest absolute Gasteiger partial charge is 0.228 e. The van der Waals surface area contributed by atoms with Crippen LogP contribution < -0.4 is 10.6 Å². The number of hydrogen-bond donors (Lipinski definition) is 2. The van der Waals surface area contributed by atoms with Crippen molar-refractivity contribution in [2.45, 2.75) is 71.9 Å². The van der Waals surface area contributed by atoms with Crippen LogP contribution in [0.1, 0.15) is 65.6 Å². The number of aliphatic imine (C=N–C) groups is 1. The van der Waals surface area contributed by atoms with Crippen LogP contribution in [0.25, 0.3) is 0 Å². The fourth-order valence-electron chi connectivity index (χ4n) is 3.08. The van der Waals surface area contributed by atoms with Crippen LogP contribution in [-0.2, 0) is 11.2 Å². The summed E-state index contributed by atoms with van der Waals surface area (Å²) in [5.74, 6) is 2.48. The molecular weight excluding hydrogens is 445 g/mol. The van der Waals surface area contributed by atoms with E-state index in [2.05, 4.69) is 53.5 Å². The lowest BCUT2D eigenvalue weighted by Gasteiger charge is -2.59. The first kappa shape index (κ1) is 23.1. The van der Waals surface area contributed by atoms with Gasteiger partial charge in [0.2, 0.25) is 5.89 Å². The first-order valence-electron chi connectivity index (χ1n) is 9.16. The molecule has 0 bridgehead atoms. The highest BCUT2D eigenvalue weighted by Crippen LogP contribution is 2.51. The first-order valence-corrected chi connectivity index (χ1v) is 9.16. The molecule has 150 valence electrons. The van der Waals surface area contributed by atoms with E-state index in [4.69, 9.17) is 9.26 Å². The second kappa shape index (κ2) is 9.34. The largest absolute Gasteiger partial charge is 0.378 e. The Kier molecular flexibility index (Phi) is 8.32. The summed E-state index contributed by atoms with van der Waals surface area (Å²) in [6, 6.07) is 0.325. The summed E-state index contributed by atoms with van der Waals surface area (Å²) in [7, 11) is 1.78. The van der Waals surface area contributed by atoms with Crippen LogP contribution in [0.3, 0.4) is 0 Å². The minimum absolute atomic E-state index is 0. The monoisotopic (exact) mass is 479 g/mol. The Bertz CT molecular complexity index is 602. The molecule has 1 fully saturated rings. The van der Waals surface area contributed by atoms with Crippen molar-refractivity contribution >= 4 is 29.9 Å². The van der Waals surface area contributed by atoms with Crippen molar-refractivity contribution in [2.24, 2.45) is 10.4 Å². The number of hydrogen-bond acceptors (Lipinski definition) is 5. The van der Waals surface area contributed by atoms with Gasteiger partial charge < -0.3 is 19.9 Å². The molecule has 2 rings (SSSR count). The Balaban J connectivity index is 0.00000338.